The van der Waals surface area contributed by atoms with Crippen LogP contribution in [-0.2, 0) is 9.59 Å². The van der Waals surface area contributed by atoms with Crippen molar-refractivity contribution in [3.63, 3.8) is 0 Å². The summed E-state index contributed by atoms with van der Waals surface area (Å²) in [5.74, 6) is -0.118. The maximum atomic E-state index is 12.6. The van der Waals surface area contributed by atoms with Crippen LogP contribution in [0.5, 0.6) is 0 Å². The summed E-state index contributed by atoms with van der Waals surface area (Å²) in [6, 6.07) is 8.36. The van der Waals surface area contributed by atoms with E-state index in [1.165, 1.54) is 54.5 Å². The van der Waals surface area contributed by atoms with Crippen LogP contribution in [0.15, 0.2) is 29.2 Å². The highest BCUT2D eigenvalue weighted by atomic mass is 32.2. The van der Waals surface area contributed by atoms with Gasteiger partial charge in [-0.3, -0.25) is 14.5 Å². The Hall–Kier alpha value is -1.86. The highest BCUT2D eigenvalue weighted by molar-refractivity contribution is 8.26. The zero-order valence-electron chi connectivity index (χ0n) is 17.5. The second-order valence-electron chi connectivity index (χ2n) is 7.99. The Labute approximate surface area is 188 Å². The molecule has 1 aromatic rings. The van der Waals surface area contributed by atoms with Crippen molar-refractivity contribution in [3.05, 3.63) is 34.7 Å². The molecule has 1 aromatic carbocycles. The van der Waals surface area contributed by atoms with Gasteiger partial charge in [0, 0.05) is 31.7 Å². The van der Waals surface area contributed by atoms with E-state index in [1.54, 1.807) is 0 Å². The number of carboxylic acids is 1. The van der Waals surface area contributed by atoms with E-state index in [2.05, 4.69) is 36.1 Å². The number of hydrogen-bond acceptors (Lipinski definition) is 5. The van der Waals surface area contributed by atoms with Crippen LogP contribution in [-0.4, -0.2) is 45.8 Å². The van der Waals surface area contributed by atoms with Crippen LogP contribution in [0.4, 0.5) is 5.69 Å². The molecule has 2 aliphatic rings. The van der Waals surface area contributed by atoms with Gasteiger partial charge in [0.05, 0.1) is 4.91 Å². The van der Waals surface area contributed by atoms with Crippen molar-refractivity contribution in [2.45, 2.75) is 51.9 Å². The Balaban J connectivity index is 1.56. The summed E-state index contributed by atoms with van der Waals surface area (Å²) in [5, 5.41) is 8.77. The maximum absolute atomic E-state index is 12.6. The van der Waals surface area contributed by atoms with Crippen molar-refractivity contribution in [1.82, 2.24) is 4.90 Å². The molecule has 0 saturated carbocycles. The number of carbonyl (C=O) groups is 2. The fourth-order valence-electron chi connectivity index (χ4n) is 3.99. The summed E-state index contributed by atoms with van der Waals surface area (Å²) in [7, 11) is 0. The van der Waals surface area contributed by atoms with Gasteiger partial charge in [-0.05, 0) is 49.0 Å². The molecular formula is C23H30N2O3S2. The van der Waals surface area contributed by atoms with Crippen LogP contribution in [0.2, 0.25) is 0 Å². The fraction of sp³-hybridized carbons (Fsp3) is 0.522. The summed E-state index contributed by atoms with van der Waals surface area (Å²) in [6.07, 6.45) is 8.83. The standard InChI is InChI=1S/C23H30N2O3S2/c1-2-3-5-17-11-14-24(15-12-17)19-9-7-18(8-10-19)16-20-22(28)25(23(29)30-20)13-4-6-21(26)27/h7-10,16-17H,2-6,11-15H2,1H3,(H,26,27)/b20-16-. The molecule has 7 heteroatoms. The van der Waals surface area contributed by atoms with Crippen molar-refractivity contribution >= 4 is 51.9 Å². The summed E-state index contributed by atoms with van der Waals surface area (Å²) in [5.41, 5.74) is 2.21. The third-order valence-corrected chi connectivity index (χ3v) is 7.16. The number of piperidine rings is 1. The van der Waals surface area contributed by atoms with Gasteiger partial charge in [0.25, 0.3) is 5.91 Å². The van der Waals surface area contributed by atoms with E-state index >= 15 is 0 Å². The molecule has 1 amide bonds. The van der Waals surface area contributed by atoms with Crippen molar-refractivity contribution in [1.29, 1.82) is 0 Å². The van der Waals surface area contributed by atoms with E-state index in [1.807, 2.05) is 6.08 Å². The first-order chi connectivity index (χ1) is 14.5. The number of benzene rings is 1. The monoisotopic (exact) mass is 446 g/mol. The van der Waals surface area contributed by atoms with Gasteiger partial charge < -0.3 is 10.0 Å². The minimum absolute atomic E-state index is 0.0351. The molecule has 162 valence electrons. The SMILES string of the molecule is CCCCC1CCN(c2ccc(/C=C3\SC(=S)N(CCCC(=O)O)C3=O)cc2)CC1. The summed E-state index contributed by atoms with van der Waals surface area (Å²) < 4.78 is 0.499. The van der Waals surface area contributed by atoms with E-state index in [0.29, 0.717) is 22.2 Å². The lowest BCUT2D eigenvalue weighted by molar-refractivity contribution is -0.137. The van der Waals surface area contributed by atoms with Gasteiger partial charge in [-0.25, -0.2) is 0 Å². The van der Waals surface area contributed by atoms with Gasteiger partial charge in [0.2, 0.25) is 0 Å². The maximum Gasteiger partial charge on any atom is 0.303 e. The van der Waals surface area contributed by atoms with Gasteiger partial charge in [-0.2, -0.15) is 0 Å². The van der Waals surface area contributed by atoms with E-state index in [-0.39, 0.29) is 12.3 Å². The lowest BCUT2D eigenvalue weighted by Crippen LogP contribution is -2.33. The molecular weight excluding hydrogens is 416 g/mol. The molecule has 2 saturated heterocycles. The third kappa shape index (κ3) is 6.08. The molecule has 0 atom stereocenters. The summed E-state index contributed by atoms with van der Waals surface area (Å²) in [4.78, 5) is 27.9. The van der Waals surface area contributed by atoms with E-state index in [4.69, 9.17) is 17.3 Å². The fourth-order valence-corrected chi connectivity index (χ4v) is 5.30. The lowest BCUT2D eigenvalue weighted by Gasteiger charge is -2.33. The Morgan fingerprint density at radius 3 is 2.57 bits per heavy atom. The van der Waals surface area contributed by atoms with Gasteiger partial charge in [-0.15, -0.1) is 0 Å². The quantitative estimate of drug-likeness (QED) is 0.418. The number of nitrogens with zero attached hydrogens (tertiary/aromatic N) is 2. The van der Waals surface area contributed by atoms with Crippen LogP contribution in [0, 0.1) is 5.92 Å². The van der Waals surface area contributed by atoms with Gasteiger partial charge in [0.15, 0.2) is 0 Å². The van der Waals surface area contributed by atoms with Crippen LogP contribution in [0.3, 0.4) is 0 Å². The molecule has 0 bridgehead atoms. The topological polar surface area (TPSA) is 60.9 Å². The number of hydrogen-bond donors (Lipinski definition) is 1. The van der Waals surface area contributed by atoms with E-state index < -0.39 is 5.97 Å². The predicted octanol–water partition coefficient (Wildman–Crippen LogP) is 5.16. The first kappa shape index (κ1) is 22.8. The van der Waals surface area contributed by atoms with Gasteiger partial charge in [-0.1, -0.05) is 62.3 Å². The largest absolute Gasteiger partial charge is 0.481 e. The van der Waals surface area contributed by atoms with Crippen molar-refractivity contribution in [2.75, 3.05) is 24.5 Å². The van der Waals surface area contributed by atoms with Crippen molar-refractivity contribution in [3.8, 4) is 0 Å². The number of unbranched alkanes of at least 4 members (excludes halogenated alkanes) is 1. The smallest absolute Gasteiger partial charge is 0.303 e. The Kier molecular flexibility index (Phi) is 8.33. The zero-order valence-corrected chi connectivity index (χ0v) is 19.1. The Morgan fingerprint density at radius 1 is 1.23 bits per heavy atom. The van der Waals surface area contributed by atoms with Crippen LogP contribution in [0.1, 0.15) is 57.4 Å². The minimum atomic E-state index is -0.860. The van der Waals surface area contributed by atoms with E-state index in [9.17, 15) is 9.59 Å². The molecule has 0 aromatic heterocycles. The molecule has 2 aliphatic heterocycles. The molecule has 1 N–H and O–H groups in total. The molecule has 2 fully saturated rings. The highest BCUT2D eigenvalue weighted by Gasteiger charge is 2.31. The molecule has 0 unspecified atom stereocenters. The van der Waals surface area contributed by atoms with Crippen molar-refractivity contribution in [2.24, 2.45) is 5.92 Å². The molecule has 5 nitrogen and oxygen atoms in total. The number of rotatable bonds is 9. The van der Waals surface area contributed by atoms with Crippen LogP contribution in [0.25, 0.3) is 6.08 Å². The van der Waals surface area contributed by atoms with Gasteiger partial charge >= 0.3 is 5.97 Å². The average molecular weight is 447 g/mol. The first-order valence-electron chi connectivity index (χ1n) is 10.8. The van der Waals surface area contributed by atoms with Crippen LogP contribution >= 0.6 is 24.0 Å². The lowest BCUT2D eigenvalue weighted by atomic mass is 9.91. The zero-order chi connectivity index (χ0) is 21.5. The third-order valence-electron chi connectivity index (χ3n) is 5.78. The van der Waals surface area contributed by atoms with Gasteiger partial charge in [0.1, 0.15) is 4.32 Å². The molecule has 3 rings (SSSR count). The number of thiocarbonyl (C=S) groups is 1. The number of aliphatic carboxylic acids is 1. The summed E-state index contributed by atoms with van der Waals surface area (Å²) in [6.45, 7) is 4.83. The summed E-state index contributed by atoms with van der Waals surface area (Å²) >= 11 is 6.59. The minimum Gasteiger partial charge on any atom is -0.481 e. The molecule has 30 heavy (non-hydrogen) atoms. The number of amides is 1. The predicted molar refractivity (Wildman–Crippen MR) is 128 cm³/mol. The Morgan fingerprint density at radius 2 is 1.93 bits per heavy atom. The first-order valence-corrected chi connectivity index (χ1v) is 12.0. The number of carboxylic acid groups (broad SMARTS) is 1. The highest BCUT2D eigenvalue weighted by Crippen LogP contribution is 2.33. The second-order valence-corrected chi connectivity index (χ2v) is 9.67. The molecule has 0 spiro atoms. The van der Waals surface area contributed by atoms with Crippen LogP contribution < -0.4 is 4.90 Å². The Bertz CT molecular complexity index is 799. The number of thioether (sulfide) groups is 1. The molecule has 0 radical (unpaired) electrons. The number of anilines is 1. The molecule has 0 aliphatic carbocycles. The number of carbonyl (C=O) groups excluding carboxylic acids is 1. The normalized spacial score (nSPS) is 19.2. The van der Waals surface area contributed by atoms with Crippen molar-refractivity contribution < 1.29 is 14.7 Å². The molecule has 2 heterocycles. The second kappa shape index (κ2) is 11.0. The van der Waals surface area contributed by atoms with E-state index in [0.717, 1.165) is 24.6 Å². The average Bonchev–Trinajstić information content (AvgIpc) is 3.00.